The molecular weight excluding hydrogens is 229 g/mol. The van der Waals surface area contributed by atoms with Crippen molar-refractivity contribution in [3.05, 3.63) is 35.9 Å². The number of nitrogens with zero attached hydrogens (tertiary/aromatic N) is 1. The van der Waals surface area contributed by atoms with Crippen LogP contribution in [0.5, 0.6) is 0 Å². The van der Waals surface area contributed by atoms with Crippen molar-refractivity contribution in [2.24, 2.45) is 5.92 Å². The van der Waals surface area contributed by atoms with Crippen molar-refractivity contribution < 1.29 is 9.18 Å². The van der Waals surface area contributed by atoms with Crippen LogP contribution in [-0.2, 0) is 4.79 Å². The highest BCUT2D eigenvalue weighted by Gasteiger charge is 2.34. The lowest BCUT2D eigenvalue weighted by Gasteiger charge is -2.28. The van der Waals surface area contributed by atoms with E-state index in [9.17, 15) is 9.18 Å². The fourth-order valence-corrected chi connectivity index (χ4v) is 2.48. The molecular formula is C15H20FNO. The number of Topliss-reactive ketones (excluding diaryl/α,β-unsaturated/α-hetero) is 1. The van der Waals surface area contributed by atoms with Crippen LogP contribution in [0.3, 0.4) is 0 Å². The van der Waals surface area contributed by atoms with E-state index in [-0.39, 0.29) is 17.7 Å². The summed E-state index contributed by atoms with van der Waals surface area (Å²) in [4.78, 5) is 14.3. The van der Waals surface area contributed by atoms with Gasteiger partial charge in [-0.15, -0.1) is 0 Å². The zero-order valence-electron chi connectivity index (χ0n) is 11.0. The molecule has 98 valence electrons. The highest BCUT2D eigenvalue weighted by Crippen LogP contribution is 2.29. The van der Waals surface area contributed by atoms with E-state index in [2.05, 4.69) is 0 Å². The van der Waals surface area contributed by atoms with Crippen LogP contribution < -0.4 is 0 Å². The number of rotatable bonds is 4. The summed E-state index contributed by atoms with van der Waals surface area (Å²) in [5.41, 5.74) is 0.977. The van der Waals surface area contributed by atoms with E-state index in [1.54, 1.807) is 0 Å². The minimum Gasteiger partial charge on any atom is -0.297 e. The molecule has 0 spiro atoms. The molecule has 2 rings (SSSR count). The molecule has 1 aromatic rings. The molecule has 18 heavy (non-hydrogen) atoms. The first kappa shape index (κ1) is 13.2. The van der Waals surface area contributed by atoms with Gasteiger partial charge in [0, 0.05) is 19.0 Å². The maximum Gasteiger partial charge on any atom is 0.157 e. The van der Waals surface area contributed by atoms with Crippen LogP contribution in [0.2, 0.25) is 0 Å². The number of hydrogen-bond acceptors (Lipinski definition) is 2. The molecule has 1 unspecified atom stereocenters. The summed E-state index contributed by atoms with van der Waals surface area (Å²) >= 11 is 0. The number of likely N-dealkylation sites (tertiary alicyclic amines) is 1. The van der Waals surface area contributed by atoms with Crippen molar-refractivity contribution in [1.29, 1.82) is 0 Å². The molecule has 2 nitrogen and oxygen atoms in total. The van der Waals surface area contributed by atoms with E-state index in [4.69, 9.17) is 0 Å². The zero-order valence-corrected chi connectivity index (χ0v) is 11.0. The number of carbonyl (C=O) groups is 1. The second-order valence-corrected chi connectivity index (χ2v) is 5.25. The van der Waals surface area contributed by atoms with Crippen LogP contribution in [0.15, 0.2) is 30.3 Å². The first-order valence-electron chi connectivity index (χ1n) is 6.56. The lowest BCUT2D eigenvalue weighted by Crippen LogP contribution is -2.34. The molecule has 0 N–H and O–H groups in total. The SMILES string of the molecule is CC(C)C(=O)C(c1ccccc1)N1CC[C@H](F)C1. The molecule has 0 aromatic heterocycles. The Morgan fingerprint density at radius 2 is 2.00 bits per heavy atom. The predicted octanol–water partition coefficient (Wildman–Crippen LogP) is 3.00. The van der Waals surface area contributed by atoms with Crippen LogP contribution in [-0.4, -0.2) is 29.9 Å². The van der Waals surface area contributed by atoms with Gasteiger partial charge in [0.15, 0.2) is 5.78 Å². The van der Waals surface area contributed by atoms with E-state index >= 15 is 0 Å². The van der Waals surface area contributed by atoms with Crippen LogP contribution in [0.25, 0.3) is 0 Å². The lowest BCUT2D eigenvalue weighted by molar-refractivity contribution is -0.127. The molecule has 1 fully saturated rings. The Hall–Kier alpha value is -1.22. The van der Waals surface area contributed by atoms with E-state index in [0.29, 0.717) is 19.5 Å². The van der Waals surface area contributed by atoms with E-state index in [0.717, 1.165) is 5.56 Å². The van der Waals surface area contributed by atoms with Gasteiger partial charge in [0.2, 0.25) is 0 Å². The molecule has 1 heterocycles. The fraction of sp³-hybridized carbons (Fsp3) is 0.533. The Morgan fingerprint density at radius 1 is 1.33 bits per heavy atom. The Kier molecular flexibility index (Phi) is 4.12. The molecule has 0 aliphatic carbocycles. The monoisotopic (exact) mass is 249 g/mol. The zero-order chi connectivity index (χ0) is 13.1. The molecule has 1 aromatic carbocycles. The van der Waals surface area contributed by atoms with Gasteiger partial charge in [-0.25, -0.2) is 4.39 Å². The van der Waals surface area contributed by atoms with Gasteiger partial charge < -0.3 is 0 Å². The Bertz CT molecular complexity index is 404. The largest absolute Gasteiger partial charge is 0.297 e. The second-order valence-electron chi connectivity index (χ2n) is 5.25. The standard InChI is InChI=1S/C15H20FNO/c1-11(2)15(18)14(12-6-4-3-5-7-12)17-9-8-13(16)10-17/h3-7,11,13-14H,8-10H2,1-2H3/t13-,14?/m0/s1. The summed E-state index contributed by atoms with van der Waals surface area (Å²) in [7, 11) is 0. The molecule has 0 amide bonds. The molecule has 0 radical (unpaired) electrons. The Balaban J connectivity index is 2.26. The normalized spacial score (nSPS) is 22.3. The molecule has 1 saturated heterocycles. The number of ketones is 1. The minimum absolute atomic E-state index is 0.0335. The topological polar surface area (TPSA) is 20.3 Å². The molecule has 0 bridgehead atoms. The number of alkyl halides is 1. The van der Waals surface area contributed by atoms with Crippen molar-refractivity contribution >= 4 is 5.78 Å². The van der Waals surface area contributed by atoms with E-state index in [1.165, 1.54) is 0 Å². The third-order valence-electron chi connectivity index (χ3n) is 3.48. The number of benzene rings is 1. The molecule has 0 saturated carbocycles. The highest BCUT2D eigenvalue weighted by atomic mass is 19.1. The van der Waals surface area contributed by atoms with Crippen molar-refractivity contribution in [2.75, 3.05) is 13.1 Å². The highest BCUT2D eigenvalue weighted by molar-refractivity contribution is 5.87. The van der Waals surface area contributed by atoms with E-state index < -0.39 is 6.17 Å². The maximum absolute atomic E-state index is 13.4. The molecule has 1 aliphatic rings. The van der Waals surface area contributed by atoms with Gasteiger partial charge in [0.1, 0.15) is 6.17 Å². The van der Waals surface area contributed by atoms with Gasteiger partial charge in [-0.2, -0.15) is 0 Å². The van der Waals surface area contributed by atoms with Crippen molar-refractivity contribution in [3.8, 4) is 0 Å². The van der Waals surface area contributed by atoms with Crippen molar-refractivity contribution in [2.45, 2.75) is 32.5 Å². The Morgan fingerprint density at radius 3 is 2.50 bits per heavy atom. The van der Waals surface area contributed by atoms with E-state index in [1.807, 2.05) is 49.1 Å². The van der Waals surface area contributed by atoms with Gasteiger partial charge in [0.05, 0.1) is 6.04 Å². The lowest BCUT2D eigenvalue weighted by atomic mass is 9.94. The summed E-state index contributed by atoms with van der Waals surface area (Å²) in [6.07, 6.45) is -0.259. The summed E-state index contributed by atoms with van der Waals surface area (Å²) in [6.45, 7) is 4.85. The molecule has 1 aliphatic heterocycles. The smallest absolute Gasteiger partial charge is 0.157 e. The summed E-state index contributed by atoms with van der Waals surface area (Å²) < 4.78 is 13.4. The summed E-state index contributed by atoms with van der Waals surface area (Å²) in [6, 6.07) is 9.42. The fourth-order valence-electron chi connectivity index (χ4n) is 2.48. The number of halogens is 1. The third kappa shape index (κ3) is 2.78. The van der Waals surface area contributed by atoms with Crippen LogP contribution in [0, 0.1) is 5.92 Å². The van der Waals surface area contributed by atoms with Gasteiger partial charge in [-0.3, -0.25) is 9.69 Å². The van der Waals surface area contributed by atoms with Gasteiger partial charge in [-0.1, -0.05) is 44.2 Å². The molecule has 2 atom stereocenters. The molecule has 3 heteroatoms. The first-order valence-corrected chi connectivity index (χ1v) is 6.56. The van der Waals surface area contributed by atoms with Crippen molar-refractivity contribution in [3.63, 3.8) is 0 Å². The second kappa shape index (κ2) is 5.61. The summed E-state index contributed by atoms with van der Waals surface area (Å²) in [5, 5.41) is 0. The predicted molar refractivity (Wildman–Crippen MR) is 70.1 cm³/mol. The third-order valence-corrected chi connectivity index (χ3v) is 3.48. The van der Waals surface area contributed by atoms with Crippen LogP contribution >= 0.6 is 0 Å². The maximum atomic E-state index is 13.4. The Labute approximate surface area is 108 Å². The van der Waals surface area contributed by atoms with Crippen LogP contribution in [0.4, 0.5) is 4.39 Å². The first-order chi connectivity index (χ1) is 8.59. The minimum atomic E-state index is -0.795. The summed E-state index contributed by atoms with van der Waals surface area (Å²) in [5.74, 6) is 0.143. The average molecular weight is 249 g/mol. The van der Waals surface area contributed by atoms with Crippen molar-refractivity contribution in [1.82, 2.24) is 4.90 Å². The quantitative estimate of drug-likeness (QED) is 0.817. The number of hydrogen-bond donors (Lipinski definition) is 0. The van der Waals surface area contributed by atoms with Crippen LogP contribution in [0.1, 0.15) is 31.9 Å². The van der Waals surface area contributed by atoms with Gasteiger partial charge in [0.25, 0.3) is 0 Å². The number of carbonyl (C=O) groups excluding carboxylic acids is 1. The van der Waals surface area contributed by atoms with Gasteiger partial charge >= 0.3 is 0 Å². The average Bonchev–Trinajstić information content (AvgIpc) is 2.77. The van der Waals surface area contributed by atoms with Gasteiger partial charge in [-0.05, 0) is 12.0 Å².